The molecular formula is C62H55I2O4P. The van der Waals surface area contributed by atoms with Crippen molar-refractivity contribution >= 4 is 90.6 Å². The van der Waals surface area contributed by atoms with Crippen molar-refractivity contribution in [2.75, 3.05) is 28.4 Å². The first-order valence-electron chi connectivity index (χ1n) is 22.5. The van der Waals surface area contributed by atoms with Crippen LogP contribution in [0.1, 0.15) is 11.1 Å². The maximum Gasteiger partial charge on any atom is 0.132 e. The molecule has 346 valence electrons. The molecule has 0 bridgehead atoms. The van der Waals surface area contributed by atoms with Crippen LogP contribution >= 0.6 is 53.1 Å². The lowest BCUT2D eigenvalue weighted by atomic mass is 9.96. The van der Waals surface area contributed by atoms with Crippen molar-refractivity contribution in [1.29, 1.82) is 0 Å². The van der Waals surface area contributed by atoms with Gasteiger partial charge in [-0.25, -0.2) is 0 Å². The molecule has 69 heavy (non-hydrogen) atoms. The molecule has 0 radical (unpaired) electrons. The summed E-state index contributed by atoms with van der Waals surface area (Å²) in [7, 11) is 6.35. The summed E-state index contributed by atoms with van der Waals surface area (Å²) in [6, 6.07) is 78.1. The fraction of sp³-hybridized carbons (Fsp3) is 0.0968. The number of halogens is 2. The van der Waals surface area contributed by atoms with E-state index in [4.69, 9.17) is 18.9 Å². The Morgan fingerprint density at radius 2 is 0.652 bits per heavy atom. The topological polar surface area (TPSA) is 36.9 Å². The van der Waals surface area contributed by atoms with Crippen LogP contribution in [0, 0.1) is 21.0 Å². The fourth-order valence-corrected chi connectivity index (χ4v) is 11.7. The van der Waals surface area contributed by atoms with E-state index in [1.165, 1.54) is 37.8 Å². The van der Waals surface area contributed by atoms with Gasteiger partial charge in [0.15, 0.2) is 0 Å². The molecule has 0 aliphatic carbocycles. The fourth-order valence-electron chi connectivity index (χ4n) is 7.83. The molecule has 0 saturated heterocycles. The standard InChI is InChI=1S/C24H20O2.C19H17P.C12H10I2O2.C7H8/c1-25-23-15-19-14-22(18-11-7-4-8-12-18)24(26-2)16-20(19)13-21(23)17-9-5-3-6-10-17;1-16-10-8-9-15-19(16)20(17-11-4-2-5-12-17)18-13-6-3-7-14-18;1-15-11-5-7-4-10(14)12(16-2)6-8(7)3-9(11)13;1-7-5-3-2-4-6-7/h3-16H,1-2H3;2-15H,1H3;3-6H,1-2H3;2-6H,1H3. The normalized spacial score (nSPS) is 10.4. The Bertz CT molecular complexity index is 3010. The van der Waals surface area contributed by atoms with Crippen LogP contribution < -0.4 is 34.9 Å². The molecule has 0 unspecified atom stereocenters. The summed E-state index contributed by atoms with van der Waals surface area (Å²) in [4.78, 5) is 0. The van der Waals surface area contributed by atoms with Gasteiger partial charge in [-0.3, -0.25) is 0 Å². The zero-order valence-corrected chi connectivity index (χ0v) is 44.9. The van der Waals surface area contributed by atoms with Crippen LogP contribution in [0.15, 0.2) is 224 Å². The third-order valence-corrected chi connectivity index (χ3v) is 15.7. The van der Waals surface area contributed by atoms with E-state index in [2.05, 4.69) is 229 Å². The van der Waals surface area contributed by atoms with Gasteiger partial charge in [-0.2, -0.15) is 0 Å². The number of rotatable bonds is 9. The van der Waals surface area contributed by atoms with E-state index in [1.54, 1.807) is 28.4 Å². The highest BCUT2D eigenvalue weighted by Gasteiger charge is 2.18. The Kier molecular flexibility index (Phi) is 18.7. The van der Waals surface area contributed by atoms with E-state index in [1.807, 2.05) is 54.6 Å². The van der Waals surface area contributed by atoms with Gasteiger partial charge < -0.3 is 18.9 Å². The first-order valence-corrected chi connectivity index (χ1v) is 26.0. The highest BCUT2D eigenvalue weighted by Crippen LogP contribution is 2.40. The van der Waals surface area contributed by atoms with E-state index in [0.717, 1.165) is 63.2 Å². The summed E-state index contributed by atoms with van der Waals surface area (Å²) in [5, 5.41) is 8.85. The van der Waals surface area contributed by atoms with Crippen molar-refractivity contribution in [2.45, 2.75) is 13.8 Å². The van der Waals surface area contributed by atoms with Gasteiger partial charge in [0.2, 0.25) is 0 Å². The second kappa shape index (κ2) is 25.4. The molecule has 10 rings (SSSR count). The first kappa shape index (κ1) is 50.7. The molecule has 0 atom stereocenters. The van der Waals surface area contributed by atoms with Crippen LogP contribution in [0.4, 0.5) is 0 Å². The second-order valence-electron chi connectivity index (χ2n) is 16.0. The van der Waals surface area contributed by atoms with Crippen molar-refractivity contribution < 1.29 is 18.9 Å². The van der Waals surface area contributed by atoms with Crippen LogP contribution in [0.2, 0.25) is 0 Å². The van der Waals surface area contributed by atoms with Gasteiger partial charge in [0.1, 0.15) is 23.0 Å². The van der Waals surface area contributed by atoms with Gasteiger partial charge in [0.05, 0.1) is 35.6 Å². The van der Waals surface area contributed by atoms with Crippen molar-refractivity contribution in [1.82, 2.24) is 0 Å². The molecule has 0 aliphatic rings. The molecule has 0 aliphatic heterocycles. The average molecular weight is 1150 g/mol. The molecule has 0 saturated carbocycles. The second-order valence-corrected chi connectivity index (χ2v) is 20.5. The maximum absolute atomic E-state index is 5.68. The van der Waals surface area contributed by atoms with E-state index in [9.17, 15) is 0 Å². The Balaban J connectivity index is 0.000000146. The van der Waals surface area contributed by atoms with Crippen LogP contribution in [0.5, 0.6) is 23.0 Å². The van der Waals surface area contributed by atoms with Gasteiger partial charge in [-0.15, -0.1) is 0 Å². The minimum Gasteiger partial charge on any atom is -0.496 e. The summed E-state index contributed by atoms with van der Waals surface area (Å²) in [6.07, 6.45) is 0. The Labute approximate surface area is 436 Å². The number of methoxy groups -OCH3 is 4. The Morgan fingerprint density at radius 3 is 1.00 bits per heavy atom. The summed E-state index contributed by atoms with van der Waals surface area (Å²) < 4.78 is 24.2. The van der Waals surface area contributed by atoms with Crippen LogP contribution in [0.3, 0.4) is 0 Å². The van der Waals surface area contributed by atoms with E-state index >= 15 is 0 Å². The van der Waals surface area contributed by atoms with Crippen molar-refractivity contribution in [2.24, 2.45) is 0 Å². The molecule has 10 aromatic carbocycles. The molecule has 0 amide bonds. The maximum atomic E-state index is 5.68. The van der Waals surface area contributed by atoms with E-state index in [-0.39, 0.29) is 0 Å². The highest BCUT2D eigenvalue weighted by atomic mass is 127. The molecule has 0 fully saturated rings. The Hall–Kier alpha value is -6.19. The van der Waals surface area contributed by atoms with Gasteiger partial charge in [0.25, 0.3) is 0 Å². The third kappa shape index (κ3) is 13.3. The third-order valence-electron chi connectivity index (χ3n) is 11.4. The number of benzene rings is 10. The highest BCUT2D eigenvalue weighted by molar-refractivity contribution is 14.1. The lowest BCUT2D eigenvalue weighted by molar-refractivity contribution is 0.411. The zero-order chi connectivity index (χ0) is 48.5. The number of hydrogen-bond donors (Lipinski definition) is 0. The summed E-state index contributed by atoms with van der Waals surface area (Å²) >= 11 is 4.55. The predicted molar refractivity (Wildman–Crippen MR) is 311 cm³/mol. The number of aryl methyl sites for hydroxylation is 2. The SMILES string of the molecule is COc1cc2cc(-c3ccccc3)c(OC)cc2cc1-c1ccccc1.COc1cc2cc(I)c(OC)cc2cc1I.Cc1ccccc1.Cc1ccccc1P(c1ccccc1)c1ccccc1. The molecule has 7 heteroatoms. The Morgan fingerprint density at radius 1 is 0.333 bits per heavy atom. The molecular weight excluding hydrogens is 1090 g/mol. The van der Waals surface area contributed by atoms with Crippen LogP contribution in [-0.4, -0.2) is 28.4 Å². The lowest BCUT2D eigenvalue weighted by Gasteiger charge is -2.21. The van der Waals surface area contributed by atoms with Gasteiger partial charge >= 0.3 is 0 Å². The number of hydrogen-bond acceptors (Lipinski definition) is 4. The van der Waals surface area contributed by atoms with Gasteiger partial charge in [0, 0.05) is 11.1 Å². The predicted octanol–water partition coefficient (Wildman–Crippen LogP) is 16.0. The van der Waals surface area contributed by atoms with Gasteiger partial charge in [-0.1, -0.05) is 181 Å². The summed E-state index contributed by atoms with van der Waals surface area (Å²) in [6.45, 7) is 4.29. The van der Waals surface area contributed by atoms with Crippen molar-refractivity contribution in [3.8, 4) is 45.3 Å². The number of ether oxygens (including phenoxy) is 4. The van der Waals surface area contributed by atoms with Gasteiger partial charge in [-0.05, 0) is 170 Å². The molecule has 0 spiro atoms. The minimum absolute atomic E-state index is 0.467. The smallest absolute Gasteiger partial charge is 0.132 e. The number of fused-ring (bicyclic) bond motifs is 2. The molecule has 4 nitrogen and oxygen atoms in total. The minimum atomic E-state index is -0.467. The van der Waals surface area contributed by atoms with Crippen molar-refractivity contribution in [3.05, 3.63) is 243 Å². The quantitative estimate of drug-likeness (QED) is 0.107. The summed E-state index contributed by atoms with van der Waals surface area (Å²) in [5.41, 5.74) is 7.12. The lowest BCUT2D eigenvalue weighted by Crippen LogP contribution is -2.22. The summed E-state index contributed by atoms with van der Waals surface area (Å²) in [5.74, 6) is 3.56. The van der Waals surface area contributed by atoms with E-state index < -0.39 is 7.92 Å². The van der Waals surface area contributed by atoms with E-state index in [0.29, 0.717) is 0 Å². The monoisotopic (exact) mass is 1150 g/mol. The van der Waals surface area contributed by atoms with Crippen LogP contribution in [-0.2, 0) is 0 Å². The zero-order valence-electron chi connectivity index (χ0n) is 39.7. The average Bonchev–Trinajstić information content (AvgIpc) is 3.40. The molecule has 10 aromatic rings. The molecule has 0 N–H and O–H groups in total. The molecule has 0 aromatic heterocycles. The largest absolute Gasteiger partial charge is 0.496 e. The first-order chi connectivity index (χ1) is 33.7. The molecule has 0 heterocycles. The van der Waals surface area contributed by atoms with Crippen molar-refractivity contribution in [3.63, 3.8) is 0 Å². The van der Waals surface area contributed by atoms with Crippen LogP contribution in [0.25, 0.3) is 43.8 Å².